The topological polar surface area (TPSA) is 128 Å². The maximum Gasteiger partial charge on any atom is 0.291 e. The SMILES string of the molecule is NC(=O)C(=O)C(Cc1csc2ccccc12)NC(=O)c1oncc1-c1ccccn1. The van der Waals surface area contributed by atoms with Crippen LogP contribution >= 0.6 is 11.3 Å². The summed E-state index contributed by atoms with van der Waals surface area (Å²) in [5, 5.41) is 9.09. The molecule has 4 rings (SSSR count). The van der Waals surface area contributed by atoms with Crippen LogP contribution in [0.1, 0.15) is 16.1 Å². The second-order valence-corrected chi connectivity index (χ2v) is 7.41. The van der Waals surface area contributed by atoms with Crippen molar-refractivity contribution in [2.75, 3.05) is 0 Å². The Morgan fingerprint density at radius 2 is 1.93 bits per heavy atom. The number of nitrogens with zero attached hydrogens (tertiary/aromatic N) is 2. The highest BCUT2D eigenvalue weighted by atomic mass is 32.1. The molecule has 0 bridgehead atoms. The number of nitrogens with one attached hydrogen (secondary N) is 1. The molecule has 1 unspecified atom stereocenters. The number of primary amides is 1. The van der Waals surface area contributed by atoms with Gasteiger partial charge in [-0.25, -0.2) is 0 Å². The minimum Gasteiger partial charge on any atom is -0.363 e. The molecule has 0 saturated carbocycles. The van der Waals surface area contributed by atoms with Gasteiger partial charge in [-0.3, -0.25) is 19.4 Å². The number of nitrogens with two attached hydrogens (primary N) is 1. The molecule has 0 aliphatic carbocycles. The van der Waals surface area contributed by atoms with Gasteiger partial charge in [0.05, 0.1) is 17.5 Å². The van der Waals surface area contributed by atoms with Gasteiger partial charge in [0, 0.05) is 17.3 Å². The van der Waals surface area contributed by atoms with Gasteiger partial charge in [-0.05, 0) is 34.5 Å². The molecule has 150 valence electrons. The van der Waals surface area contributed by atoms with Crippen LogP contribution in [0, 0.1) is 0 Å². The van der Waals surface area contributed by atoms with Crippen molar-refractivity contribution in [1.82, 2.24) is 15.5 Å². The maximum atomic E-state index is 12.9. The van der Waals surface area contributed by atoms with Crippen molar-refractivity contribution in [3.63, 3.8) is 0 Å². The molecule has 0 aliphatic heterocycles. The minimum absolute atomic E-state index is 0.105. The maximum absolute atomic E-state index is 12.9. The zero-order valence-corrected chi connectivity index (χ0v) is 16.4. The second kappa shape index (κ2) is 8.26. The van der Waals surface area contributed by atoms with Crippen molar-refractivity contribution in [3.8, 4) is 11.3 Å². The Balaban J connectivity index is 1.62. The van der Waals surface area contributed by atoms with Gasteiger partial charge < -0.3 is 15.6 Å². The summed E-state index contributed by atoms with van der Waals surface area (Å²) in [6, 6.07) is 11.7. The number of rotatable bonds is 7. The molecule has 9 heteroatoms. The first-order valence-electron chi connectivity index (χ1n) is 9.00. The largest absolute Gasteiger partial charge is 0.363 e. The van der Waals surface area contributed by atoms with E-state index in [1.807, 2.05) is 29.6 Å². The molecule has 1 aromatic carbocycles. The summed E-state index contributed by atoms with van der Waals surface area (Å²) in [6.07, 6.45) is 3.06. The summed E-state index contributed by atoms with van der Waals surface area (Å²) in [5.74, 6) is -2.81. The fraction of sp³-hybridized carbons (Fsp3) is 0.0952. The first-order chi connectivity index (χ1) is 14.5. The molecule has 1 atom stereocenters. The van der Waals surface area contributed by atoms with E-state index in [1.165, 1.54) is 17.5 Å². The highest BCUT2D eigenvalue weighted by molar-refractivity contribution is 7.17. The first-order valence-corrected chi connectivity index (χ1v) is 9.88. The molecule has 0 radical (unpaired) electrons. The molecule has 30 heavy (non-hydrogen) atoms. The summed E-state index contributed by atoms with van der Waals surface area (Å²) in [7, 11) is 0. The lowest BCUT2D eigenvalue weighted by atomic mass is 10.0. The number of pyridine rings is 1. The van der Waals surface area contributed by atoms with Crippen LogP contribution in [0.3, 0.4) is 0 Å². The van der Waals surface area contributed by atoms with E-state index in [4.69, 9.17) is 10.3 Å². The van der Waals surface area contributed by atoms with Crippen molar-refractivity contribution in [2.24, 2.45) is 5.73 Å². The molecule has 3 N–H and O–H groups in total. The highest BCUT2D eigenvalue weighted by Crippen LogP contribution is 2.27. The monoisotopic (exact) mass is 420 g/mol. The van der Waals surface area contributed by atoms with Crippen LogP contribution in [0.25, 0.3) is 21.3 Å². The third kappa shape index (κ3) is 3.83. The fourth-order valence-corrected chi connectivity index (χ4v) is 4.10. The van der Waals surface area contributed by atoms with Gasteiger partial charge in [-0.15, -0.1) is 11.3 Å². The van der Waals surface area contributed by atoms with Gasteiger partial charge in [-0.2, -0.15) is 0 Å². The lowest BCUT2D eigenvalue weighted by Crippen LogP contribution is -2.47. The number of carbonyl (C=O) groups excluding carboxylic acids is 3. The van der Waals surface area contributed by atoms with E-state index >= 15 is 0 Å². The van der Waals surface area contributed by atoms with Gasteiger partial charge in [-0.1, -0.05) is 29.4 Å². The Morgan fingerprint density at radius 3 is 2.70 bits per heavy atom. The quantitative estimate of drug-likeness (QED) is 0.442. The van der Waals surface area contributed by atoms with E-state index in [2.05, 4.69) is 15.5 Å². The highest BCUT2D eigenvalue weighted by Gasteiger charge is 2.29. The molecular formula is C21H16N4O4S. The number of carbonyl (C=O) groups is 3. The van der Waals surface area contributed by atoms with E-state index in [9.17, 15) is 14.4 Å². The Morgan fingerprint density at radius 1 is 1.13 bits per heavy atom. The number of hydrogen-bond acceptors (Lipinski definition) is 7. The number of fused-ring (bicyclic) bond motifs is 1. The lowest BCUT2D eigenvalue weighted by Gasteiger charge is -2.15. The van der Waals surface area contributed by atoms with Gasteiger partial charge in [0.15, 0.2) is 0 Å². The average molecular weight is 420 g/mol. The van der Waals surface area contributed by atoms with Gasteiger partial charge in [0.1, 0.15) is 6.04 Å². The van der Waals surface area contributed by atoms with Crippen molar-refractivity contribution < 1.29 is 18.9 Å². The van der Waals surface area contributed by atoms with E-state index in [-0.39, 0.29) is 12.2 Å². The Bertz CT molecular complexity index is 1230. The third-order valence-corrected chi connectivity index (χ3v) is 5.58. The molecule has 0 spiro atoms. The summed E-state index contributed by atoms with van der Waals surface area (Å²) in [4.78, 5) is 41.0. The lowest BCUT2D eigenvalue weighted by molar-refractivity contribution is -0.137. The second-order valence-electron chi connectivity index (χ2n) is 6.50. The van der Waals surface area contributed by atoms with E-state index < -0.39 is 23.6 Å². The average Bonchev–Trinajstić information content (AvgIpc) is 3.41. The molecule has 3 heterocycles. The summed E-state index contributed by atoms with van der Waals surface area (Å²) < 4.78 is 6.14. The van der Waals surface area contributed by atoms with Crippen LogP contribution in [-0.2, 0) is 16.0 Å². The predicted octanol–water partition coefficient (Wildman–Crippen LogP) is 2.35. The number of aromatic nitrogens is 2. The number of thiophene rings is 1. The molecular weight excluding hydrogens is 404 g/mol. The molecule has 0 saturated heterocycles. The van der Waals surface area contributed by atoms with Crippen molar-refractivity contribution in [3.05, 3.63) is 71.6 Å². The zero-order valence-electron chi connectivity index (χ0n) is 15.6. The van der Waals surface area contributed by atoms with Crippen LogP contribution < -0.4 is 11.1 Å². The fourth-order valence-electron chi connectivity index (χ4n) is 3.12. The summed E-state index contributed by atoms with van der Waals surface area (Å²) >= 11 is 1.52. The van der Waals surface area contributed by atoms with Gasteiger partial charge >= 0.3 is 0 Å². The first kappa shape index (κ1) is 19.5. The molecule has 4 aromatic rings. The van der Waals surface area contributed by atoms with E-state index in [0.29, 0.717) is 11.3 Å². The number of Topliss-reactive ketones (excluding diaryl/α,β-unsaturated/α-hetero) is 1. The normalized spacial score (nSPS) is 11.9. The van der Waals surface area contributed by atoms with Crippen molar-refractivity contribution in [2.45, 2.75) is 12.5 Å². The van der Waals surface area contributed by atoms with Crippen molar-refractivity contribution in [1.29, 1.82) is 0 Å². The summed E-state index contributed by atoms with van der Waals surface area (Å²) in [5.41, 5.74) is 6.91. The minimum atomic E-state index is -1.14. The van der Waals surface area contributed by atoms with E-state index in [1.54, 1.807) is 24.4 Å². The molecule has 0 fully saturated rings. The molecule has 2 amide bonds. The van der Waals surface area contributed by atoms with Crippen LogP contribution in [0.4, 0.5) is 0 Å². The number of benzene rings is 1. The smallest absolute Gasteiger partial charge is 0.291 e. The molecule has 0 aliphatic rings. The van der Waals surface area contributed by atoms with Gasteiger partial charge in [0.2, 0.25) is 11.5 Å². The number of hydrogen-bond donors (Lipinski definition) is 2. The Labute approximate surface area is 174 Å². The zero-order chi connectivity index (χ0) is 21.1. The van der Waals surface area contributed by atoms with Crippen LogP contribution in [0.5, 0.6) is 0 Å². The summed E-state index contributed by atoms with van der Waals surface area (Å²) in [6.45, 7) is 0. The Hall–Kier alpha value is -3.85. The van der Waals surface area contributed by atoms with Crippen LogP contribution in [0.2, 0.25) is 0 Å². The number of ketones is 1. The standard InChI is InChI=1S/C21H16N4O4S/c22-20(27)18(26)16(9-12-11-30-17-7-2-1-5-13(12)17)25-21(28)19-14(10-24-29-19)15-6-3-4-8-23-15/h1-8,10-11,16H,9H2,(H2,22,27)(H,25,28). The van der Waals surface area contributed by atoms with Crippen LogP contribution in [0.15, 0.2) is 64.8 Å². The predicted molar refractivity (Wildman–Crippen MR) is 111 cm³/mol. The third-order valence-electron chi connectivity index (χ3n) is 4.57. The van der Waals surface area contributed by atoms with Gasteiger partial charge in [0.25, 0.3) is 11.8 Å². The van der Waals surface area contributed by atoms with Crippen LogP contribution in [-0.4, -0.2) is 33.8 Å². The van der Waals surface area contributed by atoms with Crippen molar-refractivity contribution >= 4 is 39.0 Å². The molecule has 8 nitrogen and oxygen atoms in total. The molecule has 3 aromatic heterocycles. The Kier molecular flexibility index (Phi) is 5.36. The number of amides is 2. The van der Waals surface area contributed by atoms with E-state index in [0.717, 1.165) is 15.6 Å².